The number of fused-ring (bicyclic) bond motifs is 3. The van der Waals surface area contributed by atoms with Crippen molar-refractivity contribution in [2.45, 2.75) is 38.6 Å². The summed E-state index contributed by atoms with van der Waals surface area (Å²) in [5, 5.41) is 5.52. The third kappa shape index (κ3) is 4.10. The van der Waals surface area contributed by atoms with Gasteiger partial charge < -0.3 is 14.6 Å². The van der Waals surface area contributed by atoms with Crippen molar-refractivity contribution in [3.8, 4) is 5.75 Å². The summed E-state index contributed by atoms with van der Waals surface area (Å²) in [6.07, 6.45) is 9.07. The van der Waals surface area contributed by atoms with Gasteiger partial charge in [-0.15, -0.1) is 0 Å². The molecule has 8 heteroatoms. The van der Waals surface area contributed by atoms with E-state index in [0.717, 1.165) is 28.4 Å². The second-order valence-electron chi connectivity index (χ2n) is 8.73. The highest BCUT2D eigenvalue weighted by molar-refractivity contribution is 6.40. The maximum absolute atomic E-state index is 13.6. The number of methoxy groups -OCH3 is 1. The number of nitrogens with one attached hydrogen (secondary N) is 1. The molecule has 34 heavy (non-hydrogen) atoms. The fourth-order valence-electron chi connectivity index (χ4n) is 5.09. The van der Waals surface area contributed by atoms with Crippen molar-refractivity contribution in [1.29, 1.82) is 0 Å². The smallest absolute Gasteiger partial charge is 0.256 e. The summed E-state index contributed by atoms with van der Waals surface area (Å²) >= 11 is 19.2. The van der Waals surface area contributed by atoms with Crippen LogP contribution in [-0.4, -0.2) is 22.6 Å². The maximum atomic E-state index is 13.6. The van der Waals surface area contributed by atoms with Crippen LogP contribution in [-0.2, 0) is 6.54 Å². The third-order valence-electron chi connectivity index (χ3n) is 6.65. The van der Waals surface area contributed by atoms with E-state index in [0.29, 0.717) is 27.9 Å². The highest BCUT2D eigenvalue weighted by Crippen LogP contribution is 2.43. The molecule has 1 aliphatic rings. The van der Waals surface area contributed by atoms with Gasteiger partial charge >= 0.3 is 0 Å². The number of nitrogens with zero attached hydrogens (tertiary/aromatic N) is 2. The average Bonchev–Trinajstić information content (AvgIpc) is 3.16. The molecule has 0 saturated heterocycles. The lowest BCUT2D eigenvalue weighted by Crippen LogP contribution is -2.15. The zero-order valence-corrected chi connectivity index (χ0v) is 21.0. The number of rotatable bonds is 5. The predicted octanol–water partition coefficient (Wildman–Crippen LogP) is 7.99. The minimum Gasteiger partial charge on any atom is -0.493 e. The van der Waals surface area contributed by atoms with Crippen molar-refractivity contribution < 1.29 is 9.53 Å². The van der Waals surface area contributed by atoms with Gasteiger partial charge in [-0.3, -0.25) is 9.78 Å². The second kappa shape index (κ2) is 9.65. The quantitative estimate of drug-likeness (QED) is 0.292. The number of para-hydroxylation sites is 1. The molecule has 2 heterocycles. The number of anilines is 1. The Morgan fingerprint density at radius 3 is 2.50 bits per heavy atom. The summed E-state index contributed by atoms with van der Waals surface area (Å²) in [5.74, 6) is 0.786. The Morgan fingerprint density at radius 2 is 1.79 bits per heavy atom. The molecule has 0 unspecified atom stereocenters. The first kappa shape index (κ1) is 23.3. The highest BCUT2D eigenvalue weighted by atomic mass is 35.5. The molecule has 5 nitrogen and oxygen atoms in total. The zero-order chi connectivity index (χ0) is 23.8. The molecule has 0 atom stereocenters. The topological polar surface area (TPSA) is 56.1 Å². The molecule has 1 N–H and O–H groups in total. The van der Waals surface area contributed by atoms with Crippen LogP contribution in [0.4, 0.5) is 5.69 Å². The van der Waals surface area contributed by atoms with Crippen LogP contribution in [0.1, 0.15) is 42.5 Å². The van der Waals surface area contributed by atoms with Crippen LogP contribution in [0.5, 0.6) is 5.75 Å². The Kier molecular flexibility index (Phi) is 6.61. The predicted molar refractivity (Wildman–Crippen MR) is 140 cm³/mol. The minimum atomic E-state index is -0.356. The fourth-order valence-corrected chi connectivity index (χ4v) is 5.83. The molecule has 1 amide bonds. The van der Waals surface area contributed by atoms with Crippen LogP contribution in [0.15, 0.2) is 42.7 Å². The van der Waals surface area contributed by atoms with E-state index < -0.39 is 0 Å². The van der Waals surface area contributed by atoms with Crippen LogP contribution >= 0.6 is 34.8 Å². The van der Waals surface area contributed by atoms with E-state index in [4.69, 9.17) is 39.5 Å². The molecule has 0 radical (unpaired) electrons. The highest BCUT2D eigenvalue weighted by Gasteiger charge is 2.26. The van der Waals surface area contributed by atoms with Crippen molar-refractivity contribution in [3.05, 3.63) is 63.4 Å². The molecule has 4 aromatic rings. The van der Waals surface area contributed by atoms with Crippen molar-refractivity contribution in [2.75, 3.05) is 12.4 Å². The van der Waals surface area contributed by atoms with E-state index >= 15 is 0 Å². The average molecular weight is 517 g/mol. The summed E-state index contributed by atoms with van der Waals surface area (Å²) in [5.41, 5.74) is 2.63. The van der Waals surface area contributed by atoms with Gasteiger partial charge in [-0.1, -0.05) is 72.3 Å². The van der Waals surface area contributed by atoms with Crippen LogP contribution in [0, 0.1) is 5.92 Å². The van der Waals surface area contributed by atoms with Crippen LogP contribution in [0.3, 0.4) is 0 Å². The van der Waals surface area contributed by atoms with Gasteiger partial charge in [0, 0.05) is 35.2 Å². The lowest BCUT2D eigenvalue weighted by atomic mass is 9.89. The van der Waals surface area contributed by atoms with E-state index in [1.165, 1.54) is 44.5 Å². The van der Waals surface area contributed by atoms with Gasteiger partial charge in [0.25, 0.3) is 5.91 Å². The Labute approximate surface area is 213 Å². The van der Waals surface area contributed by atoms with Gasteiger partial charge in [0.15, 0.2) is 5.75 Å². The first-order chi connectivity index (χ1) is 16.5. The molecular formula is C26H24Cl3N3O2. The number of ether oxygens (including phenoxy) is 1. The Morgan fingerprint density at radius 1 is 1.09 bits per heavy atom. The lowest BCUT2D eigenvalue weighted by Gasteiger charge is -2.23. The van der Waals surface area contributed by atoms with Crippen molar-refractivity contribution >= 4 is 68.2 Å². The minimum absolute atomic E-state index is 0.261. The van der Waals surface area contributed by atoms with Crippen LogP contribution in [0.25, 0.3) is 21.8 Å². The molecule has 1 saturated carbocycles. The Hall–Kier alpha value is -2.47. The normalized spacial score (nSPS) is 14.6. The number of benzene rings is 2. The molecule has 0 aliphatic heterocycles. The van der Waals surface area contributed by atoms with Crippen LogP contribution in [0.2, 0.25) is 15.1 Å². The third-order valence-corrected chi connectivity index (χ3v) is 7.50. The van der Waals surface area contributed by atoms with Crippen LogP contribution < -0.4 is 10.1 Å². The number of carbonyl (C=O) groups is 1. The number of halogens is 3. The van der Waals surface area contributed by atoms with E-state index in [1.807, 2.05) is 18.2 Å². The second-order valence-corrected chi connectivity index (χ2v) is 9.95. The molecule has 0 spiro atoms. The lowest BCUT2D eigenvalue weighted by molar-refractivity contribution is 0.102. The summed E-state index contributed by atoms with van der Waals surface area (Å²) in [6.45, 7) is 0.851. The molecule has 1 fully saturated rings. The Balaban J connectivity index is 1.72. The van der Waals surface area contributed by atoms with Crippen molar-refractivity contribution in [2.24, 2.45) is 5.92 Å². The number of hydrogen-bond donors (Lipinski definition) is 1. The van der Waals surface area contributed by atoms with E-state index in [9.17, 15) is 4.79 Å². The monoisotopic (exact) mass is 515 g/mol. The Bertz CT molecular complexity index is 1370. The number of pyridine rings is 1. The standard InChI is InChI=1S/C26H24Cl3N3O2/c1-34-25-18(27)11-17(26(33)31-23-19(28)12-30-13-20(23)29)22-16-9-5-6-10-21(16)32(24(22)25)14-15-7-3-2-4-8-15/h5-6,9-13,15H,2-4,7-8,14H2,1H3,(H,30,31,33). The van der Waals surface area contributed by atoms with E-state index in [2.05, 4.69) is 20.9 Å². The molecular weight excluding hydrogens is 493 g/mol. The molecule has 2 aromatic heterocycles. The molecule has 2 aromatic carbocycles. The molecule has 5 rings (SSSR count). The van der Waals surface area contributed by atoms with Gasteiger partial charge in [-0.05, 0) is 30.9 Å². The summed E-state index contributed by atoms with van der Waals surface area (Å²) < 4.78 is 8.05. The first-order valence-corrected chi connectivity index (χ1v) is 12.5. The van der Waals surface area contributed by atoms with Crippen molar-refractivity contribution in [3.63, 3.8) is 0 Å². The van der Waals surface area contributed by atoms with Gasteiger partial charge in [-0.25, -0.2) is 0 Å². The van der Waals surface area contributed by atoms with Crippen molar-refractivity contribution in [1.82, 2.24) is 9.55 Å². The zero-order valence-electron chi connectivity index (χ0n) is 18.7. The summed E-state index contributed by atoms with van der Waals surface area (Å²) in [7, 11) is 1.61. The maximum Gasteiger partial charge on any atom is 0.256 e. The molecule has 0 bridgehead atoms. The van der Waals surface area contributed by atoms with E-state index in [-0.39, 0.29) is 16.0 Å². The largest absolute Gasteiger partial charge is 0.493 e. The molecule has 1 aliphatic carbocycles. The number of hydrogen-bond acceptors (Lipinski definition) is 3. The van der Waals surface area contributed by atoms with E-state index in [1.54, 1.807) is 13.2 Å². The van der Waals surface area contributed by atoms with Gasteiger partial charge in [0.1, 0.15) is 0 Å². The van der Waals surface area contributed by atoms with Gasteiger partial charge in [0.05, 0.1) is 38.9 Å². The number of amides is 1. The SMILES string of the molecule is COc1c(Cl)cc(C(=O)Nc2c(Cl)cncc2Cl)c2c3ccccc3n(CC3CCCCC3)c12. The molecule has 176 valence electrons. The first-order valence-electron chi connectivity index (χ1n) is 11.4. The summed E-state index contributed by atoms with van der Waals surface area (Å²) in [6, 6.07) is 9.77. The van der Waals surface area contributed by atoms with Gasteiger partial charge in [-0.2, -0.15) is 0 Å². The number of aromatic nitrogens is 2. The fraction of sp³-hybridized carbons (Fsp3) is 0.308. The van der Waals surface area contributed by atoms with Gasteiger partial charge in [0.2, 0.25) is 0 Å². The number of carbonyl (C=O) groups excluding carboxylic acids is 1. The summed E-state index contributed by atoms with van der Waals surface area (Å²) in [4.78, 5) is 17.5.